The molecule has 1 aromatic rings. The van der Waals surface area contributed by atoms with Crippen molar-refractivity contribution in [1.29, 1.82) is 0 Å². The van der Waals surface area contributed by atoms with E-state index >= 15 is 0 Å². The highest BCUT2D eigenvalue weighted by molar-refractivity contribution is 6.15. The molecule has 0 aromatic heterocycles. The summed E-state index contributed by atoms with van der Waals surface area (Å²) < 4.78 is 53.6. The maximum Gasteiger partial charge on any atom is 0.165 e. The second-order valence-electron chi connectivity index (χ2n) is 4.03. The summed E-state index contributed by atoms with van der Waals surface area (Å²) in [5.74, 6) is -5.61. The second-order valence-corrected chi connectivity index (χ2v) is 4.03. The first-order valence-corrected chi connectivity index (χ1v) is 4.86. The highest BCUT2D eigenvalue weighted by Crippen LogP contribution is 2.33. The molecule has 2 radical (unpaired) electrons. The van der Waals surface area contributed by atoms with Crippen molar-refractivity contribution in [3.05, 3.63) is 34.4 Å². The van der Waals surface area contributed by atoms with Gasteiger partial charge >= 0.3 is 0 Å². The first kappa shape index (κ1) is 13.1. The van der Waals surface area contributed by atoms with E-state index in [0.29, 0.717) is 0 Å². The van der Waals surface area contributed by atoms with Crippen LogP contribution in [0.1, 0.15) is 31.4 Å². The minimum Gasteiger partial charge on any atom is -0.203 e. The normalized spacial score (nSPS) is 14.9. The van der Waals surface area contributed by atoms with Crippen molar-refractivity contribution in [2.24, 2.45) is 0 Å². The Morgan fingerprint density at radius 2 is 1.38 bits per heavy atom. The quantitative estimate of drug-likeness (QED) is 0.415. The fourth-order valence-electron chi connectivity index (χ4n) is 1.42. The van der Waals surface area contributed by atoms with Gasteiger partial charge in [-0.1, -0.05) is 20.3 Å². The zero-order chi connectivity index (χ0) is 12.7. The summed E-state index contributed by atoms with van der Waals surface area (Å²) >= 11 is 0. The van der Waals surface area contributed by atoms with E-state index in [1.807, 2.05) is 0 Å². The lowest BCUT2D eigenvalue weighted by Crippen LogP contribution is -2.26. The molecule has 0 nitrogen and oxygen atoms in total. The molecule has 0 bridgehead atoms. The number of halogens is 4. The molecule has 0 aliphatic carbocycles. The standard InChI is InChI=1S/C11H11BF4/c1-4-11(3,12)6-9(15)7(13)5(2)8(14)10(6)16/h4H2,1-3H3. The molecule has 0 aliphatic heterocycles. The van der Waals surface area contributed by atoms with Crippen LogP contribution >= 0.6 is 0 Å². The van der Waals surface area contributed by atoms with Gasteiger partial charge in [-0.25, -0.2) is 17.6 Å². The van der Waals surface area contributed by atoms with Gasteiger partial charge in [0.1, 0.15) is 0 Å². The van der Waals surface area contributed by atoms with Crippen LogP contribution in [0.2, 0.25) is 0 Å². The molecule has 1 unspecified atom stereocenters. The Kier molecular flexibility index (Phi) is 3.36. The zero-order valence-corrected chi connectivity index (χ0v) is 9.30. The van der Waals surface area contributed by atoms with E-state index in [9.17, 15) is 17.6 Å². The maximum absolute atomic E-state index is 13.5. The van der Waals surface area contributed by atoms with Gasteiger partial charge in [0.05, 0.1) is 7.85 Å². The van der Waals surface area contributed by atoms with Crippen LogP contribution in [0.3, 0.4) is 0 Å². The first-order chi connectivity index (χ1) is 7.24. The molecule has 0 aliphatic rings. The smallest absolute Gasteiger partial charge is 0.165 e. The third-order valence-electron chi connectivity index (χ3n) is 2.79. The molecule has 1 aromatic carbocycles. The Balaban J connectivity index is 3.65. The summed E-state index contributed by atoms with van der Waals surface area (Å²) in [5, 5.41) is -1.44. The molecule has 0 fully saturated rings. The summed E-state index contributed by atoms with van der Waals surface area (Å²) in [7, 11) is 5.61. The van der Waals surface area contributed by atoms with Crippen LogP contribution in [0.25, 0.3) is 0 Å². The molecule has 1 rings (SSSR count). The molecule has 5 heteroatoms. The van der Waals surface area contributed by atoms with Crippen molar-refractivity contribution in [1.82, 2.24) is 0 Å². The third kappa shape index (κ3) is 1.83. The average Bonchev–Trinajstić information content (AvgIpc) is 2.23. The largest absolute Gasteiger partial charge is 0.203 e. The molecular formula is C11H11BF4. The van der Waals surface area contributed by atoms with E-state index in [0.717, 1.165) is 6.92 Å². The number of hydrogen-bond acceptors (Lipinski definition) is 0. The minimum atomic E-state index is -1.44. The molecule has 0 amide bonds. The summed E-state index contributed by atoms with van der Waals surface area (Å²) in [6.07, 6.45) is 0.156. The van der Waals surface area contributed by atoms with Crippen molar-refractivity contribution in [2.45, 2.75) is 32.5 Å². The van der Waals surface area contributed by atoms with E-state index in [1.165, 1.54) is 6.92 Å². The van der Waals surface area contributed by atoms with E-state index in [2.05, 4.69) is 0 Å². The van der Waals surface area contributed by atoms with Crippen LogP contribution in [0, 0.1) is 30.2 Å². The van der Waals surface area contributed by atoms with Gasteiger partial charge in [0.15, 0.2) is 23.3 Å². The Labute approximate surface area is 93.1 Å². The lowest BCUT2D eigenvalue weighted by atomic mass is 9.63. The van der Waals surface area contributed by atoms with Crippen LogP contribution in [-0.2, 0) is 5.31 Å². The maximum atomic E-state index is 13.5. The molecular weight excluding hydrogens is 219 g/mol. The van der Waals surface area contributed by atoms with Crippen LogP contribution in [0.15, 0.2) is 0 Å². The van der Waals surface area contributed by atoms with Gasteiger partial charge < -0.3 is 0 Å². The molecule has 0 saturated carbocycles. The van der Waals surface area contributed by atoms with E-state index in [4.69, 9.17) is 7.85 Å². The van der Waals surface area contributed by atoms with Crippen molar-refractivity contribution in [3.8, 4) is 0 Å². The highest BCUT2D eigenvalue weighted by atomic mass is 19.2. The van der Waals surface area contributed by atoms with Crippen molar-refractivity contribution in [3.63, 3.8) is 0 Å². The monoisotopic (exact) mass is 230 g/mol. The minimum absolute atomic E-state index is 0.156. The third-order valence-corrected chi connectivity index (χ3v) is 2.79. The summed E-state index contributed by atoms with van der Waals surface area (Å²) in [4.78, 5) is 0. The van der Waals surface area contributed by atoms with Crippen molar-refractivity contribution >= 4 is 7.85 Å². The summed E-state index contributed by atoms with van der Waals surface area (Å²) in [5.41, 5.74) is -1.42. The predicted octanol–water partition coefficient (Wildman–Crippen LogP) is 3.35. The lowest BCUT2D eigenvalue weighted by Gasteiger charge is -2.25. The first-order valence-electron chi connectivity index (χ1n) is 4.86. The Bertz CT molecular complexity index is 397. The van der Waals surface area contributed by atoms with E-state index in [-0.39, 0.29) is 6.42 Å². The van der Waals surface area contributed by atoms with Crippen LogP contribution < -0.4 is 0 Å². The molecule has 16 heavy (non-hydrogen) atoms. The fraction of sp³-hybridized carbons (Fsp3) is 0.455. The summed E-state index contributed by atoms with van der Waals surface area (Å²) in [6, 6.07) is 0. The van der Waals surface area contributed by atoms with Gasteiger partial charge in [0.2, 0.25) is 0 Å². The van der Waals surface area contributed by atoms with Gasteiger partial charge in [-0.2, -0.15) is 0 Å². The van der Waals surface area contributed by atoms with Gasteiger partial charge in [-0.05, 0) is 12.2 Å². The molecule has 0 saturated heterocycles. The van der Waals surface area contributed by atoms with Crippen LogP contribution in [-0.4, -0.2) is 7.85 Å². The summed E-state index contributed by atoms with van der Waals surface area (Å²) in [6.45, 7) is 3.87. The molecule has 0 heterocycles. The Morgan fingerprint density at radius 1 is 1.00 bits per heavy atom. The number of benzene rings is 1. The lowest BCUT2D eigenvalue weighted by molar-refractivity contribution is 0.411. The number of hydrogen-bond donors (Lipinski definition) is 0. The van der Waals surface area contributed by atoms with Crippen molar-refractivity contribution in [2.75, 3.05) is 0 Å². The number of rotatable bonds is 2. The Morgan fingerprint density at radius 3 is 1.69 bits per heavy atom. The second kappa shape index (κ2) is 4.11. The average molecular weight is 230 g/mol. The van der Waals surface area contributed by atoms with Gasteiger partial charge in [-0.15, -0.1) is 0 Å². The van der Waals surface area contributed by atoms with Crippen LogP contribution in [0.5, 0.6) is 0 Å². The molecule has 86 valence electrons. The fourth-order valence-corrected chi connectivity index (χ4v) is 1.42. The predicted molar refractivity (Wildman–Crippen MR) is 54.4 cm³/mol. The molecule has 1 atom stereocenters. The highest BCUT2D eigenvalue weighted by Gasteiger charge is 2.31. The van der Waals surface area contributed by atoms with Crippen LogP contribution in [0.4, 0.5) is 17.6 Å². The van der Waals surface area contributed by atoms with Gasteiger partial charge in [-0.3, -0.25) is 0 Å². The van der Waals surface area contributed by atoms with Gasteiger partial charge in [0, 0.05) is 11.1 Å². The van der Waals surface area contributed by atoms with E-state index < -0.39 is 39.7 Å². The molecule has 0 spiro atoms. The SMILES string of the molecule is [B]C(C)(CC)c1c(F)c(F)c(C)c(F)c1F. The van der Waals surface area contributed by atoms with E-state index in [1.54, 1.807) is 6.92 Å². The van der Waals surface area contributed by atoms with Crippen molar-refractivity contribution < 1.29 is 17.6 Å². The zero-order valence-electron chi connectivity index (χ0n) is 9.30. The Hall–Kier alpha value is -0.995. The molecule has 0 N–H and O–H groups in total. The topological polar surface area (TPSA) is 0 Å². The van der Waals surface area contributed by atoms with Gasteiger partial charge in [0.25, 0.3) is 0 Å².